The number of para-hydroxylation sites is 2. The van der Waals surface area contributed by atoms with E-state index in [1.54, 1.807) is 42.5 Å². The summed E-state index contributed by atoms with van der Waals surface area (Å²) in [6.45, 7) is -0.162. The van der Waals surface area contributed by atoms with E-state index in [4.69, 9.17) is 9.47 Å². The molecular formula is C20H16N4O4S. The van der Waals surface area contributed by atoms with Crippen molar-refractivity contribution in [3.63, 3.8) is 0 Å². The number of benzene rings is 2. The summed E-state index contributed by atoms with van der Waals surface area (Å²) in [6, 6.07) is 14.3. The zero-order valence-corrected chi connectivity index (χ0v) is 16.2. The summed E-state index contributed by atoms with van der Waals surface area (Å²) in [5, 5.41) is 6.65. The number of amides is 1. The SMILES string of the molecule is COc1ccccc1NC(=O)COc1cccc(/C=c2\sc3ncnn3c2=O)c1. The molecule has 2 aromatic heterocycles. The third kappa shape index (κ3) is 4.09. The second-order valence-electron chi connectivity index (χ2n) is 5.98. The van der Waals surface area contributed by atoms with Gasteiger partial charge in [0.1, 0.15) is 17.8 Å². The van der Waals surface area contributed by atoms with Gasteiger partial charge in [-0.15, -0.1) is 0 Å². The molecule has 0 aliphatic rings. The first kappa shape index (κ1) is 18.6. The number of fused-ring (bicyclic) bond motifs is 1. The molecule has 0 fully saturated rings. The van der Waals surface area contributed by atoms with Gasteiger partial charge in [0.25, 0.3) is 11.5 Å². The van der Waals surface area contributed by atoms with Gasteiger partial charge in [0.05, 0.1) is 17.3 Å². The lowest BCUT2D eigenvalue weighted by Gasteiger charge is -2.10. The molecule has 0 aliphatic heterocycles. The van der Waals surface area contributed by atoms with Crippen LogP contribution in [0.5, 0.6) is 11.5 Å². The molecule has 0 saturated carbocycles. The molecule has 9 heteroatoms. The molecule has 1 N–H and O–H groups in total. The van der Waals surface area contributed by atoms with E-state index in [2.05, 4.69) is 15.4 Å². The highest BCUT2D eigenvalue weighted by Gasteiger charge is 2.08. The van der Waals surface area contributed by atoms with Crippen molar-refractivity contribution in [1.29, 1.82) is 0 Å². The van der Waals surface area contributed by atoms with Crippen molar-refractivity contribution in [3.05, 3.63) is 75.3 Å². The Labute approximate surface area is 169 Å². The molecule has 29 heavy (non-hydrogen) atoms. The second-order valence-corrected chi connectivity index (χ2v) is 6.99. The number of hydrogen-bond donors (Lipinski definition) is 1. The van der Waals surface area contributed by atoms with Crippen molar-refractivity contribution in [3.8, 4) is 11.5 Å². The summed E-state index contributed by atoms with van der Waals surface area (Å²) in [5.41, 5.74) is 1.13. The highest BCUT2D eigenvalue weighted by molar-refractivity contribution is 7.15. The Kier molecular flexibility index (Phi) is 5.21. The fourth-order valence-electron chi connectivity index (χ4n) is 2.71. The Hall–Kier alpha value is -3.72. The summed E-state index contributed by atoms with van der Waals surface area (Å²) in [4.78, 5) is 29.0. The lowest BCUT2D eigenvalue weighted by atomic mass is 10.2. The number of carbonyl (C=O) groups excluding carboxylic acids is 1. The number of rotatable bonds is 6. The van der Waals surface area contributed by atoms with Gasteiger partial charge in [0.15, 0.2) is 6.61 Å². The monoisotopic (exact) mass is 408 g/mol. The topological polar surface area (TPSA) is 94.8 Å². The smallest absolute Gasteiger partial charge is 0.291 e. The number of nitrogens with one attached hydrogen (secondary N) is 1. The summed E-state index contributed by atoms with van der Waals surface area (Å²) < 4.78 is 12.6. The van der Waals surface area contributed by atoms with Crippen LogP contribution in [0.1, 0.15) is 5.56 Å². The van der Waals surface area contributed by atoms with Crippen LogP contribution in [0.3, 0.4) is 0 Å². The van der Waals surface area contributed by atoms with Crippen LogP contribution in [0.4, 0.5) is 5.69 Å². The van der Waals surface area contributed by atoms with Gasteiger partial charge in [0, 0.05) is 0 Å². The van der Waals surface area contributed by atoms with Crippen molar-refractivity contribution in [2.45, 2.75) is 0 Å². The fourth-order valence-corrected chi connectivity index (χ4v) is 3.59. The molecule has 146 valence electrons. The molecular weight excluding hydrogens is 392 g/mol. The summed E-state index contributed by atoms with van der Waals surface area (Å²) in [6.07, 6.45) is 3.09. The van der Waals surface area contributed by atoms with Crippen molar-refractivity contribution >= 4 is 34.0 Å². The molecule has 1 amide bonds. The van der Waals surface area contributed by atoms with Gasteiger partial charge in [-0.3, -0.25) is 9.59 Å². The lowest BCUT2D eigenvalue weighted by Crippen LogP contribution is -2.23. The van der Waals surface area contributed by atoms with Crippen LogP contribution < -0.4 is 24.9 Å². The zero-order chi connectivity index (χ0) is 20.2. The number of anilines is 1. The quantitative estimate of drug-likeness (QED) is 0.522. The van der Waals surface area contributed by atoms with E-state index in [0.717, 1.165) is 5.56 Å². The molecule has 2 heterocycles. The number of ether oxygens (including phenoxy) is 2. The van der Waals surface area contributed by atoms with Gasteiger partial charge < -0.3 is 14.8 Å². The van der Waals surface area contributed by atoms with Gasteiger partial charge in [-0.05, 0) is 35.9 Å². The molecule has 4 rings (SSSR count). The highest BCUT2D eigenvalue weighted by atomic mass is 32.1. The van der Waals surface area contributed by atoms with Gasteiger partial charge in [0.2, 0.25) is 4.96 Å². The predicted octanol–water partition coefficient (Wildman–Crippen LogP) is 1.72. The standard InChI is InChI=1S/C20H16N4O4S/c1-27-16-8-3-2-7-15(16)23-18(25)11-28-14-6-4-5-13(9-14)10-17-19(26)24-20(29-17)21-12-22-24/h2-10,12H,11H2,1H3,(H,23,25)/b17-10-. The number of aromatic nitrogens is 3. The number of methoxy groups -OCH3 is 1. The first-order valence-electron chi connectivity index (χ1n) is 8.64. The Morgan fingerprint density at radius 1 is 1.24 bits per heavy atom. The van der Waals surface area contributed by atoms with E-state index < -0.39 is 0 Å². The fraction of sp³-hybridized carbons (Fsp3) is 0.100. The van der Waals surface area contributed by atoms with E-state index in [-0.39, 0.29) is 18.1 Å². The van der Waals surface area contributed by atoms with Gasteiger partial charge in [-0.1, -0.05) is 35.6 Å². The average molecular weight is 408 g/mol. The Balaban J connectivity index is 1.46. The van der Waals surface area contributed by atoms with Crippen LogP contribution in [0.2, 0.25) is 0 Å². The van der Waals surface area contributed by atoms with E-state index in [1.807, 2.05) is 12.1 Å². The molecule has 4 aromatic rings. The maximum Gasteiger partial charge on any atom is 0.291 e. The van der Waals surface area contributed by atoms with E-state index in [1.165, 1.54) is 29.3 Å². The van der Waals surface area contributed by atoms with Crippen LogP contribution in [0.25, 0.3) is 11.0 Å². The molecule has 0 saturated heterocycles. The van der Waals surface area contributed by atoms with Gasteiger partial charge in [-0.25, -0.2) is 4.98 Å². The van der Waals surface area contributed by atoms with E-state index >= 15 is 0 Å². The molecule has 0 atom stereocenters. The van der Waals surface area contributed by atoms with Crippen LogP contribution in [-0.4, -0.2) is 34.2 Å². The van der Waals surface area contributed by atoms with Crippen molar-refractivity contribution in [2.24, 2.45) is 0 Å². The number of thiazole rings is 1. The largest absolute Gasteiger partial charge is 0.495 e. The third-order valence-electron chi connectivity index (χ3n) is 4.03. The second kappa shape index (κ2) is 8.11. The molecule has 0 aliphatic carbocycles. The van der Waals surface area contributed by atoms with Crippen LogP contribution in [-0.2, 0) is 4.79 Å². The minimum atomic E-state index is -0.309. The number of carbonyl (C=O) groups is 1. The van der Waals surface area contributed by atoms with Crippen LogP contribution in [0.15, 0.2) is 59.7 Å². The minimum Gasteiger partial charge on any atom is -0.495 e. The number of hydrogen-bond acceptors (Lipinski definition) is 7. The van der Waals surface area contributed by atoms with Crippen LogP contribution >= 0.6 is 11.3 Å². The first-order valence-corrected chi connectivity index (χ1v) is 9.46. The molecule has 0 unspecified atom stereocenters. The highest BCUT2D eigenvalue weighted by Crippen LogP contribution is 2.23. The van der Waals surface area contributed by atoms with E-state index in [0.29, 0.717) is 26.7 Å². The summed E-state index contributed by atoms with van der Waals surface area (Å²) >= 11 is 1.26. The Morgan fingerprint density at radius 3 is 2.93 bits per heavy atom. The Bertz CT molecular complexity index is 1280. The van der Waals surface area contributed by atoms with Crippen LogP contribution in [0, 0.1) is 0 Å². The maximum atomic E-state index is 12.3. The first-order chi connectivity index (χ1) is 14.1. The lowest BCUT2D eigenvalue weighted by molar-refractivity contribution is -0.118. The number of nitrogens with zero attached hydrogens (tertiary/aromatic N) is 3. The molecule has 0 bridgehead atoms. The third-order valence-corrected chi connectivity index (χ3v) is 5.00. The summed E-state index contributed by atoms with van der Waals surface area (Å²) in [7, 11) is 1.54. The van der Waals surface area contributed by atoms with Crippen molar-refractivity contribution in [1.82, 2.24) is 14.6 Å². The van der Waals surface area contributed by atoms with E-state index in [9.17, 15) is 9.59 Å². The molecule has 8 nitrogen and oxygen atoms in total. The maximum absolute atomic E-state index is 12.3. The van der Waals surface area contributed by atoms with Crippen molar-refractivity contribution in [2.75, 3.05) is 19.0 Å². The molecule has 2 aromatic carbocycles. The Morgan fingerprint density at radius 2 is 2.10 bits per heavy atom. The normalized spacial score (nSPS) is 11.6. The van der Waals surface area contributed by atoms with Gasteiger partial charge >= 0.3 is 0 Å². The molecule has 0 spiro atoms. The minimum absolute atomic E-state index is 0.162. The molecule has 0 radical (unpaired) electrons. The summed E-state index contributed by atoms with van der Waals surface area (Å²) in [5.74, 6) is 0.778. The average Bonchev–Trinajstić information content (AvgIpc) is 3.30. The van der Waals surface area contributed by atoms with Crippen molar-refractivity contribution < 1.29 is 14.3 Å². The van der Waals surface area contributed by atoms with Gasteiger partial charge in [-0.2, -0.15) is 9.61 Å². The predicted molar refractivity (Wildman–Crippen MR) is 109 cm³/mol. The zero-order valence-electron chi connectivity index (χ0n) is 15.4.